The average molecular weight is 430 g/mol. The molecule has 0 spiro atoms. The molecule has 29 heavy (non-hydrogen) atoms. The van der Waals surface area contributed by atoms with E-state index in [9.17, 15) is 8.42 Å². The Morgan fingerprint density at radius 2 is 1.69 bits per heavy atom. The minimum atomic E-state index is -3.71. The number of hydroxylamine groups is 1. The number of rotatable bonds is 4. The van der Waals surface area contributed by atoms with Crippen LogP contribution in [0.1, 0.15) is 36.8 Å². The van der Waals surface area contributed by atoms with Crippen molar-refractivity contribution < 1.29 is 13.3 Å². The number of hydrogen-bond donors (Lipinski definition) is 0. The first-order valence-electron chi connectivity index (χ1n) is 10.2. The third-order valence-electron chi connectivity index (χ3n) is 6.27. The van der Waals surface area contributed by atoms with Crippen LogP contribution >= 0.6 is 11.6 Å². The maximum absolute atomic E-state index is 13.4. The highest BCUT2D eigenvalue weighted by molar-refractivity contribution is 7.89. The molecule has 2 aromatic rings. The van der Waals surface area contributed by atoms with Crippen molar-refractivity contribution in [2.75, 3.05) is 0 Å². The van der Waals surface area contributed by atoms with E-state index in [4.69, 9.17) is 16.4 Å². The van der Waals surface area contributed by atoms with Crippen LogP contribution in [0.2, 0.25) is 5.02 Å². The van der Waals surface area contributed by atoms with Gasteiger partial charge < -0.3 is 0 Å². The van der Waals surface area contributed by atoms with E-state index < -0.39 is 10.0 Å². The molecule has 152 valence electrons. The summed E-state index contributed by atoms with van der Waals surface area (Å²) in [4.78, 5) is 6.53. The molecule has 0 N–H and O–H groups in total. The van der Waals surface area contributed by atoms with Gasteiger partial charge in [-0.05, 0) is 73.9 Å². The normalized spacial score (nSPS) is 27.5. The average Bonchev–Trinajstić information content (AvgIpc) is 3.48. The van der Waals surface area contributed by atoms with E-state index in [1.807, 2.05) is 43.3 Å². The lowest BCUT2D eigenvalue weighted by atomic mass is 9.77. The van der Waals surface area contributed by atoms with Crippen molar-refractivity contribution in [1.29, 1.82) is 0 Å². The lowest BCUT2D eigenvalue weighted by molar-refractivity contribution is -0.0978. The number of fused-ring (bicyclic) bond motifs is 1. The molecule has 0 aromatic heterocycles. The van der Waals surface area contributed by atoms with Crippen LogP contribution in [0.5, 0.6) is 0 Å². The Balaban J connectivity index is 1.53. The van der Waals surface area contributed by atoms with Crippen molar-refractivity contribution in [2.45, 2.75) is 49.6 Å². The molecule has 2 fully saturated rings. The molecular formula is C23H24ClNO3S. The zero-order valence-electron chi connectivity index (χ0n) is 16.3. The van der Waals surface area contributed by atoms with Crippen molar-refractivity contribution in [3.63, 3.8) is 0 Å². The van der Waals surface area contributed by atoms with Gasteiger partial charge in [0.2, 0.25) is 0 Å². The van der Waals surface area contributed by atoms with E-state index in [2.05, 4.69) is 6.08 Å². The number of hydrogen-bond acceptors (Lipinski definition) is 3. The maximum atomic E-state index is 13.4. The fourth-order valence-electron chi connectivity index (χ4n) is 4.63. The van der Waals surface area contributed by atoms with Gasteiger partial charge in [0.15, 0.2) is 0 Å². The lowest BCUT2D eigenvalue weighted by Gasteiger charge is -2.30. The number of benzene rings is 2. The predicted molar refractivity (Wildman–Crippen MR) is 114 cm³/mol. The van der Waals surface area contributed by atoms with Gasteiger partial charge >= 0.3 is 0 Å². The van der Waals surface area contributed by atoms with Gasteiger partial charge in [-0.15, -0.1) is 0 Å². The Kier molecular flexibility index (Phi) is 4.82. The molecule has 5 rings (SSSR count). The second kappa shape index (κ2) is 7.24. The van der Waals surface area contributed by atoms with Crippen LogP contribution in [-0.4, -0.2) is 25.0 Å². The molecule has 4 nitrogen and oxygen atoms in total. The first kappa shape index (κ1) is 19.3. The van der Waals surface area contributed by atoms with Gasteiger partial charge in [-0.25, -0.2) is 8.42 Å². The number of nitrogens with zero attached hydrogens (tertiary/aromatic N) is 1. The van der Waals surface area contributed by atoms with E-state index in [1.54, 1.807) is 12.1 Å². The number of allylic oxidation sites excluding steroid dienone is 1. The SMILES string of the molecule is Cc1ccc(S(=O)(=O)N2O[C@H](C3CC3)[C@H]3C(c4ccc(Cl)cc4)=CCC[C@H]32)cc1. The summed E-state index contributed by atoms with van der Waals surface area (Å²) in [5, 5.41) is 0.701. The van der Waals surface area contributed by atoms with Crippen molar-refractivity contribution in [1.82, 2.24) is 4.47 Å². The molecule has 0 radical (unpaired) electrons. The van der Waals surface area contributed by atoms with Crippen molar-refractivity contribution in [2.24, 2.45) is 11.8 Å². The summed E-state index contributed by atoms with van der Waals surface area (Å²) in [6, 6.07) is 14.7. The fraction of sp³-hybridized carbons (Fsp3) is 0.391. The topological polar surface area (TPSA) is 46.6 Å². The van der Waals surface area contributed by atoms with E-state index in [0.717, 1.165) is 36.8 Å². The molecule has 2 aromatic carbocycles. The van der Waals surface area contributed by atoms with E-state index in [-0.39, 0.29) is 18.1 Å². The number of halogens is 1. The van der Waals surface area contributed by atoms with Crippen molar-refractivity contribution >= 4 is 27.2 Å². The highest BCUT2D eigenvalue weighted by atomic mass is 35.5. The van der Waals surface area contributed by atoms with Crippen LogP contribution in [0.3, 0.4) is 0 Å². The van der Waals surface area contributed by atoms with Gasteiger partial charge in [-0.2, -0.15) is 0 Å². The van der Waals surface area contributed by atoms with Gasteiger partial charge in [0.05, 0.1) is 17.0 Å². The zero-order chi connectivity index (χ0) is 20.2. The third-order valence-corrected chi connectivity index (χ3v) is 8.22. The Morgan fingerprint density at radius 3 is 2.34 bits per heavy atom. The largest absolute Gasteiger partial charge is 0.279 e. The van der Waals surface area contributed by atoms with Gasteiger partial charge in [-0.1, -0.05) is 52.0 Å². The third kappa shape index (κ3) is 3.44. The molecule has 0 unspecified atom stereocenters. The molecule has 1 heterocycles. The first-order valence-corrected chi connectivity index (χ1v) is 12.0. The van der Waals surface area contributed by atoms with E-state index in [0.29, 0.717) is 15.8 Å². The molecule has 2 aliphatic carbocycles. The van der Waals surface area contributed by atoms with Crippen molar-refractivity contribution in [3.05, 3.63) is 70.8 Å². The Bertz CT molecular complexity index is 1040. The van der Waals surface area contributed by atoms with Crippen LogP contribution in [0.4, 0.5) is 0 Å². The molecule has 0 amide bonds. The Morgan fingerprint density at radius 1 is 1.00 bits per heavy atom. The summed E-state index contributed by atoms with van der Waals surface area (Å²) in [7, 11) is -3.71. The van der Waals surface area contributed by atoms with E-state index in [1.165, 1.54) is 10.0 Å². The molecular weight excluding hydrogens is 406 g/mol. The molecule has 1 saturated heterocycles. The molecule has 3 atom stereocenters. The highest BCUT2D eigenvalue weighted by Crippen LogP contribution is 2.52. The predicted octanol–water partition coefficient (Wildman–Crippen LogP) is 5.23. The second-order valence-electron chi connectivity index (χ2n) is 8.32. The molecule has 1 aliphatic heterocycles. The molecule has 6 heteroatoms. The summed E-state index contributed by atoms with van der Waals surface area (Å²) in [5.41, 5.74) is 3.33. The zero-order valence-corrected chi connectivity index (χ0v) is 17.9. The van der Waals surface area contributed by atoms with Crippen LogP contribution in [0.15, 0.2) is 59.5 Å². The summed E-state index contributed by atoms with van der Waals surface area (Å²) in [6.07, 6.45) is 5.96. The maximum Gasteiger partial charge on any atom is 0.265 e. The Labute approximate surface area is 177 Å². The molecule has 1 saturated carbocycles. The minimum absolute atomic E-state index is 0.0534. The van der Waals surface area contributed by atoms with Crippen LogP contribution in [0, 0.1) is 18.8 Å². The smallest absolute Gasteiger partial charge is 0.265 e. The van der Waals surface area contributed by atoms with Crippen LogP contribution in [-0.2, 0) is 14.9 Å². The van der Waals surface area contributed by atoms with Crippen LogP contribution < -0.4 is 0 Å². The van der Waals surface area contributed by atoms with E-state index >= 15 is 0 Å². The van der Waals surface area contributed by atoms with Gasteiger partial charge in [0, 0.05) is 10.9 Å². The highest BCUT2D eigenvalue weighted by Gasteiger charge is 2.55. The van der Waals surface area contributed by atoms with Gasteiger partial charge in [0.25, 0.3) is 10.0 Å². The number of sulfonamides is 1. The molecule has 0 bridgehead atoms. The Hall–Kier alpha value is -1.66. The van der Waals surface area contributed by atoms with Gasteiger partial charge in [0.1, 0.15) is 0 Å². The number of aryl methyl sites for hydroxylation is 1. The standard InChI is InChI=1S/C23H24ClNO3S/c1-15-5-13-19(14-6-15)29(26,27)25-21-4-2-3-20(16-9-11-18(24)12-10-16)22(21)23(28-25)17-7-8-17/h3,5-6,9-14,17,21-23H,2,4,7-8H2,1H3/t21-,22+,23-/m1/s1. The quantitative estimate of drug-likeness (QED) is 0.668. The van der Waals surface area contributed by atoms with Crippen LogP contribution in [0.25, 0.3) is 5.57 Å². The monoisotopic (exact) mass is 429 g/mol. The summed E-state index contributed by atoms with van der Waals surface area (Å²) in [6.45, 7) is 1.95. The molecule has 3 aliphatic rings. The lowest BCUT2D eigenvalue weighted by Crippen LogP contribution is -2.38. The summed E-state index contributed by atoms with van der Waals surface area (Å²) >= 11 is 6.08. The minimum Gasteiger partial charge on any atom is -0.279 e. The van der Waals surface area contributed by atoms with Crippen molar-refractivity contribution in [3.8, 4) is 0 Å². The summed E-state index contributed by atoms with van der Waals surface area (Å²) in [5.74, 6) is 0.479. The fourth-order valence-corrected chi connectivity index (χ4v) is 6.25. The second-order valence-corrected chi connectivity index (χ2v) is 10.5. The van der Waals surface area contributed by atoms with Gasteiger partial charge in [-0.3, -0.25) is 4.84 Å². The summed E-state index contributed by atoms with van der Waals surface area (Å²) < 4.78 is 28.2. The first-order chi connectivity index (χ1) is 13.9.